The van der Waals surface area contributed by atoms with Crippen molar-refractivity contribution in [1.29, 1.82) is 0 Å². The Morgan fingerprint density at radius 3 is 2.19 bits per heavy atom. The first-order chi connectivity index (χ1) is 17.0. The average Bonchev–Trinajstić information content (AvgIpc) is 3.32. The third-order valence-corrected chi connectivity index (χ3v) is 8.00. The molecule has 7 nitrogen and oxygen atoms in total. The molecule has 0 aliphatic heterocycles. The van der Waals surface area contributed by atoms with Crippen molar-refractivity contribution in [2.45, 2.75) is 78.4 Å². The van der Waals surface area contributed by atoms with Crippen molar-refractivity contribution in [3.8, 4) is 0 Å². The Hall–Kier alpha value is -2.87. The van der Waals surface area contributed by atoms with E-state index in [1.807, 2.05) is 64.1 Å². The highest BCUT2D eigenvalue weighted by atomic mass is 32.2. The molecule has 36 heavy (non-hydrogen) atoms. The zero-order valence-electron chi connectivity index (χ0n) is 22.1. The molecule has 1 saturated carbocycles. The fourth-order valence-corrected chi connectivity index (χ4v) is 5.66. The first kappa shape index (κ1) is 27.7. The first-order valence-corrected chi connectivity index (χ1v) is 14.5. The molecule has 8 heteroatoms. The molecule has 1 N–H and O–H groups in total. The van der Waals surface area contributed by atoms with Crippen LogP contribution in [-0.2, 0) is 26.2 Å². The van der Waals surface area contributed by atoms with E-state index in [1.165, 1.54) is 4.90 Å². The van der Waals surface area contributed by atoms with Gasteiger partial charge in [-0.15, -0.1) is 0 Å². The lowest BCUT2D eigenvalue weighted by atomic mass is 10.1. The van der Waals surface area contributed by atoms with E-state index in [1.54, 1.807) is 6.07 Å². The monoisotopic (exact) mass is 513 g/mol. The number of amides is 2. The second-order valence-corrected chi connectivity index (χ2v) is 11.9. The molecule has 0 saturated heterocycles. The van der Waals surface area contributed by atoms with E-state index >= 15 is 0 Å². The van der Waals surface area contributed by atoms with Gasteiger partial charge in [0.2, 0.25) is 21.8 Å². The molecule has 1 fully saturated rings. The summed E-state index contributed by atoms with van der Waals surface area (Å²) >= 11 is 0. The number of anilines is 1. The lowest BCUT2D eigenvalue weighted by Crippen LogP contribution is -2.53. The van der Waals surface area contributed by atoms with Gasteiger partial charge in [0.25, 0.3) is 0 Å². The van der Waals surface area contributed by atoms with Crippen molar-refractivity contribution in [2.24, 2.45) is 0 Å². The van der Waals surface area contributed by atoms with Crippen molar-refractivity contribution >= 4 is 27.5 Å². The smallest absolute Gasteiger partial charge is 0.244 e. The number of hydrogen-bond acceptors (Lipinski definition) is 4. The maximum Gasteiger partial charge on any atom is 0.244 e. The Morgan fingerprint density at radius 2 is 1.61 bits per heavy atom. The molecule has 1 aliphatic carbocycles. The minimum absolute atomic E-state index is 0.130. The predicted octanol–water partition coefficient (Wildman–Crippen LogP) is 4.24. The molecule has 1 atom stereocenters. The number of benzene rings is 2. The van der Waals surface area contributed by atoms with Gasteiger partial charge in [0, 0.05) is 12.6 Å². The zero-order valence-corrected chi connectivity index (χ0v) is 22.9. The van der Waals surface area contributed by atoms with Gasteiger partial charge >= 0.3 is 0 Å². The highest BCUT2D eigenvalue weighted by Crippen LogP contribution is 2.25. The highest BCUT2D eigenvalue weighted by Gasteiger charge is 2.33. The van der Waals surface area contributed by atoms with Crippen LogP contribution in [0, 0.1) is 20.8 Å². The van der Waals surface area contributed by atoms with Gasteiger partial charge in [-0.3, -0.25) is 13.9 Å². The molecule has 196 valence electrons. The summed E-state index contributed by atoms with van der Waals surface area (Å²) in [4.78, 5) is 28.7. The van der Waals surface area contributed by atoms with Gasteiger partial charge in [-0.05, 0) is 62.8 Å². The summed E-state index contributed by atoms with van der Waals surface area (Å²) in [6.45, 7) is 7.43. The van der Waals surface area contributed by atoms with E-state index in [-0.39, 0.29) is 25.0 Å². The molecular weight excluding hydrogens is 474 g/mol. The zero-order chi connectivity index (χ0) is 26.5. The number of nitrogens with one attached hydrogen (secondary N) is 1. The minimum Gasteiger partial charge on any atom is -0.352 e. The van der Waals surface area contributed by atoms with E-state index in [4.69, 9.17) is 0 Å². The standard InChI is InChI=1S/C28H39N3O4S/c1-6-25(28(33)29-24-9-7-8-10-24)30(18-23-15-12-20(2)13-16-23)27(32)19-31(36(5,34)35)26-17-21(3)11-14-22(26)4/h11-17,24-25H,6-10,18-19H2,1-5H3,(H,29,33). The summed E-state index contributed by atoms with van der Waals surface area (Å²) in [5, 5.41) is 3.13. The predicted molar refractivity (Wildman–Crippen MR) is 144 cm³/mol. The van der Waals surface area contributed by atoms with Crippen LogP contribution in [0.2, 0.25) is 0 Å². The number of carbonyl (C=O) groups is 2. The van der Waals surface area contributed by atoms with Gasteiger partial charge in [0.05, 0.1) is 11.9 Å². The summed E-state index contributed by atoms with van der Waals surface area (Å²) in [6.07, 6.45) is 5.61. The van der Waals surface area contributed by atoms with Crippen LogP contribution in [0.15, 0.2) is 42.5 Å². The first-order valence-electron chi connectivity index (χ1n) is 12.7. The molecule has 3 rings (SSSR count). The Kier molecular flexibility index (Phi) is 9.17. The quantitative estimate of drug-likeness (QED) is 0.515. The highest BCUT2D eigenvalue weighted by molar-refractivity contribution is 7.92. The molecule has 0 heterocycles. The van der Waals surface area contributed by atoms with Gasteiger partial charge in [-0.2, -0.15) is 0 Å². The Bertz CT molecular complexity index is 1170. The lowest BCUT2D eigenvalue weighted by molar-refractivity contribution is -0.140. The number of carbonyl (C=O) groups excluding carboxylic acids is 2. The number of nitrogens with zero attached hydrogens (tertiary/aromatic N) is 2. The van der Waals surface area contributed by atoms with E-state index in [0.29, 0.717) is 12.1 Å². The normalized spacial score (nSPS) is 14.9. The van der Waals surface area contributed by atoms with Crippen LogP contribution in [0.4, 0.5) is 5.69 Å². The lowest BCUT2D eigenvalue weighted by Gasteiger charge is -2.33. The van der Waals surface area contributed by atoms with Crippen LogP contribution in [0.25, 0.3) is 0 Å². The second-order valence-electron chi connectivity index (χ2n) is 9.98. The fourth-order valence-electron chi connectivity index (χ4n) is 4.76. The van der Waals surface area contributed by atoms with Gasteiger partial charge in [-0.1, -0.05) is 61.7 Å². The Balaban J connectivity index is 1.94. The van der Waals surface area contributed by atoms with Crippen molar-refractivity contribution in [3.63, 3.8) is 0 Å². The largest absolute Gasteiger partial charge is 0.352 e. The second kappa shape index (κ2) is 11.9. The van der Waals surface area contributed by atoms with E-state index in [9.17, 15) is 18.0 Å². The number of hydrogen-bond donors (Lipinski definition) is 1. The third kappa shape index (κ3) is 7.09. The Morgan fingerprint density at radius 1 is 1.00 bits per heavy atom. The molecule has 1 aliphatic rings. The summed E-state index contributed by atoms with van der Waals surface area (Å²) < 4.78 is 26.8. The maximum atomic E-state index is 13.8. The van der Waals surface area contributed by atoms with E-state index in [2.05, 4.69) is 5.32 Å². The van der Waals surface area contributed by atoms with E-state index < -0.39 is 22.0 Å². The molecule has 2 aromatic rings. The molecule has 1 unspecified atom stereocenters. The SMILES string of the molecule is CCC(C(=O)NC1CCCC1)N(Cc1ccc(C)cc1)C(=O)CN(c1cc(C)ccc1C)S(C)(=O)=O. The van der Waals surface area contributed by atoms with Crippen LogP contribution in [0.1, 0.15) is 61.3 Å². The van der Waals surface area contributed by atoms with Gasteiger partial charge in [0.15, 0.2) is 0 Å². The Labute approximate surface area is 215 Å². The van der Waals surface area contributed by atoms with Crippen molar-refractivity contribution < 1.29 is 18.0 Å². The minimum atomic E-state index is -3.75. The van der Waals surface area contributed by atoms with Crippen LogP contribution in [0.3, 0.4) is 0 Å². The van der Waals surface area contributed by atoms with Crippen LogP contribution >= 0.6 is 0 Å². The van der Waals surface area contributed by atoms with Crippen molar-refractivity contribution in [1.82, 2.24) is 10.2 Å². The molecule has 0 aromatic heterocycles. The maximum absolute atomic E-state index is 13.8. The van der Waals surface area contributed by atoms with Gasteiger partial charge < -0.3 is 10.2 Å². The van der Waals surface area contributed by atoms with E-state index in [0.717, 1.165) is 58.5 Å². The van der Waals surface area contributed by atoms with Gasteiger partial charge in [0.1, 0.15) is 12.6 Å². The molecule has 0 bridgehead atoms. The number of sulfonamides is 1. The van der Waals surface area contributed by atoms with Crippen molar-refractivity contribution in [2.75, 3.05) is 17.1 Å². The molecule has 2 amide bonds. The summed E-state index contributed by atoms with van der Waals surface area (Å²) in [7, 11) is -3.75. The van der Waals surface area contributed by atoms with Crippen LogP contribution < -0.4 is 9.62 Å². The average molecular weight is 514 g/mol. The van der Waals surface area contributed by atoms with Crippen LogP contribution in [0.5, 0.6) is 0 Å². The summed E-state index contributed by atoms with van der Waals surface area (Å²) in [6, 6.07) is 12.8. The van der Waals surface area contributed by atoms with Crippen molar-refractivity contribution in [3.05, 3.63) is 64.7 Å². The summed E-state index contributed by atoms with van der Waals surface area (Å²) in [5.74, 6) is -0.585. The summed E-state index contributed by atoms with van der Waals surface area (Å²) in [5.41, 5.74) is 4.12. The topological polar surface area (TPSA) is 86.8 Å². The fraction of sp³-hybridized carbons (Fsp3) is 0.500. The van der Waals surface area contributed by atoms with Gasteiger partial charge in [-0.25, -0.2) is 8.42 Å². The molecule has 0 radical (unpaired) electrons. The number of aryl methyl sites for hydroxylation is 3. The van der Waals surface area contributed by atoms with Crippen LogP contribution in [-0.4, -0.2) is 50.0 Å². The molecular formula is C28H39N3O4S. The number of rotatable bonds is 10. The molecule has 0 spiro atoms. The third-order valence-electron chi connectivity index (χ3n) is 6.87. The molecule has 2 aromatic carbocycles.